The summed E-state index contributed by atoms with van der Waals surface area (Å²) in [5.41, 5.74) is 0. The third-order valence-electron chi connectivity index (χ3n) is 4.27. The van der Waals surface area contributed by atoms with Crippen molar-refractivity contribution < 1.29 is 0 Å². The van der Waals surface area contributed by atoms with Gasteiger partial charge in [-0.3, -0.25) is 4.90 Å². The fourth-order valence-electron chi connectivity index (χ4n) is 3.06. The van der Waals surface area contributed by atoms with Crippen LogP contribution in [0.2, 0.25) is 0 Å². The molecule has 2 aliphatic heterocycles. The van der Waals surface area contributed by atoms with Crippen molar-refractivity contribution >= 4 is 0 Å². The molecule has 2 heterocycles. The Hall–Kier alpha value is -0.120. The first-order valence-electron chi connectivity index (χ1n) is 6.90. The van der Waals surface area contributed by atoms with Crippen LogP contribution in [0.5, 0.6) is 0 Å². The summed E-state index contributed by atoms with van der Waals surface area (Å²) in [6, 6.07) is 0.876. The van der Waals surface area contributed by atoms with E-state index in [4.69, 9.17) is 0 Å². The van der Waals surface area contributed by atoms with Gasteiger partial charge < -0.3 is 10.2 Å². The zero-order valence-electron chi connectivity index (χ0n) is 10.9. The Morgan fingerprint density at radius 1 is 1.00 bits per heavy atom. The van der Waals surface area contributed by atoms with Crippen LogP contribution in [0, 0.1) is 5.92 Å². The number of rotatable bonds is 3. The van der Waals surface area contributed by atoms with E-state index in [9.17, 15) is 0 Å². The molecule has 2 saturated heterocycles. The molecule has 94 valence electrons. The minimum atomic E-state index is 0.876. The molecule has 0 atom stereocenters. The fourth-order valence-corrected chi connectivity index (χ4v) is 3.06. The Kier molecular flexibility index (Phi) is 4.62. The van der Waals surface area contributed by atoms with Crippen LogP contribution in [-0.2, 0) is 0 Å². The summed E-state index contributed by atoms with van der Waals surface area (Å²) in [6.07, 6.45) is 5.57. The molecule has 0 aliphatic carbocycles. The molecule has 0 aromatic heterocycles. The molecule has 0 aromatic rings. The highest BCUT2D eigenvalue weighted by molar-refractivity contribution is 4.82. The molecule has 0 spiro atoms. The van der Waals surface area contributed by atoms with Crippen LogP contribution >= 0.6 is 0 Å². The number of piperidine rings is 2. The first-order valence-corrected chi connectivity index (χ1v) is 6.90. The zero-order valence-corrected chi connectivity index (χ0v) is 10.9. The van der Waals surface area contributed by atoms with E-state index in [1.54, 1.807) is 0 Å². The van der Waals surface area contributed by atoms with E-state index in [0.29, 0.717) is 0 Å². The lowest BCUT2D eigenvalue weighted by Gasteiger charge is -2.41. The Morgan fingerprint density at radius 2 is 1.62 bits per heavy atom. The van der Waals surface area contributed by atoms with Gasteiger partial charge in [0.25, 0.3) is 0 Å². The van der Waals surface area contributed by atoms with Crippen molar-refractivity contribution in [1.29, 1.82) is 0 Å². The van der Waals surface area contributed by atoms with Crippen molar-refractivity contribution in [3.05, 3.63) is 0 Å². The van der Waals surface area contributed by atoms with Crippen molar-refractivity contribution in [2.24, 2.45) is 5.92 Å². The molecule has 2 rings (SSSR count). The van der Waals surface area contributed by atoms with Gasteiger partial charge in [-0.25, -0.2) is 0 Å². The molecule has 1 N–H and O–H groups in total. The van der Waals surface area contributed by atoms with Gasteiger partial charge in [-0.05, 0) is 51.7 Å². The Bertz CT molecular complexity index is 191. The first-order chi connectivity index (χ1) is 7.79. The quantitative estimate of drug-likeness (QED) is 0.782. The van der Waals surface area contributed by atoms with Crippen molar-refractivity contribution in [1.82, 2.24) is 15.1 Å². The molecule has 3 nitrogen and oxygen atoms in total. The summed E-state index contributed by atoms with van der Waals surface area (Å²) in [5, 5.41) is 3.25. The maximum absolute atomic E-state index is 3.25. The van der Waals surface area contributed by atoms with Crippen LogP contribution in [0.1, 0.15) is 32.6 Å². The first kappa shape index (κ1) is 12.3. The van der Waals surface area contributed by atoms with E-state index in [0.717, 1.165) is 18.6 Å². The van der Waals surface area contributed by atoms with Gasteiger partial charge in [0.05, 0.1) is 0 Å². The van der Waals surface area contributed by atoms with E-state index in [2.05, 4.69) is 22.0 Å². The van der Waals surface area contributed by atoms with Crippen LogP contribution in [0.15, 0.2) is 0 Å². The van der Waals surface area contributed by atoms with Crippen LogP contribution in [0.3, 0.4) is 0 Å². The maximum Gasteiger partial charge on any atom is 0.0478 e. The lowest BCUT2D eigenvalue weighted by atomic mass is 9.95. The molecular formula is C13H27N3. The van der Waals surface area contributed by atoms with Gasteiger partial charge in [-0.15, -0.1) is 0 Å². The SMILES string of the molecule is CNCN1CCC(N2CCC(C)CC2)CC1. The normalized spacial score (nSPS) is 27.4. The van der Waals surface area contributed by atoms with Gasteiger partial charge >= 0.3 is 0 Å². The molecule has 0 radical (unpaired) electrons. The molecular weight excluding hydrogens is 198 g/mol. The van der Waals surface area contributed by atoms with Gasteiger partial charge in [0.15, 0.2) is 0 Å². The number of likely N-dealkylation sites (tertiary alicyclic amines) is 2. The lowest BCUT2D eigenvalue weighted by Crippen LogP contribution is -2.48. The van der Waals surface area contributed by atoms with Crippen LogP contribution < -0.4 is 5.32 Å². The highest BCUT2D eigenvalue weighted by atomic mass is 15.2. The minimum Gasteiger partial charge on any atom is -0.307 e. The summed E-state index contributed by atoms with van der Waals surface area (Å²) in [4.78, 5) is 5.28. The molecule has 2 aliphatic rings. The lowest BCUT2D eigenvalue weighted by molar-refractivity contribution is 0.0784. The van der Waals surface area contributed by atoms with E-state index in [-0.39, 0.29) is 0 Å². The predicted octanol–water partition coefficient (Wildman–Crippen LogP) is 1.36. The second kappa shape index (κ2) is 5.99. The molecule has 0 amide bonds. The smallest absolute Gasteiger partial charge is 0.0478 e. The van der Waals surface area contributed by atoms with Gasteiger partial charge in [-0.1, -0.05) is 6.92 Å². The van der Waals surface area contributed by atoms with Gasteiger partial charge in [0.1, 0.15) is 0 Å². The van der Waals surface area contributed by atoms with E-state index < -0.39 is 0 Å². The van der Waals surface area contributed by atoms with Gasteiger partial charge in [-0.2, -0.15) is 0 Å². The zero-order chi connectivity index (χ0) is 11.4. The van der Waals surface area contributed by atoms with Crippen LogP contribution in [-0.4, -0.2) is 55.7 Å². The molecule has 0 unspecified atom stereocenters. The summed E-state index contributed by atoms with van der Waals surface area (Å²) >= 11 is 0. The number of hydrogen-bond donors (Lipinski definition) is 1. The predicted molar refractivity (Wildman–Crippen MR) is 68.5 cm³/mol. The second-order valence-corrected chi connectivity index (χ2v) is 5.58. The van der Waals surface area contributed by atoms with Gasteiger partial charge in [0.2, 0.25) is 0 Å². The highest BCUT2D eigenvalue weighted by Crippen LogP contribution is 2.23. The summed E-state index contributed by atoms with van der Waals surface area (Å²) in [7, 11) is 2.04. The second-order valence-electron chi connectivity index (χ2n) is 5.58. The standard InChI is InChI=1S/C13H27N3/c1-12-3-9-16(10-4-12)13-5-7-15(8-6-13)11-14-2/h12-14H,3-11H2,1-2H3. The summed E-state index contributed by atoms with van der Waals surface area (Å²) in [6.45, 7) is 8.70. The highest BCUT2D eigenvalue weighted by Gasteiger charge is 2.26. The fraction of sp³-hybridized carbons (Fsp3) is 1.00. The number of nitrogens with one attached hydrogen (secondary N) is 1. The largest absolute Gasteiger partial charge is 0.307 e. The van der Waals surface area contributed by atoms with E-state index >= 15 is 0 Å². The summed E-state index contributed by atoms with van der Waals surface area (Å²) in [5.74, 6) is 0.959. The average Bonchev–Trinajstić information content (AvgIpc) is 2.32. The van der Waals surface area contributed by atoms with Crippen LogP contribution in [0.4, 0.5) is 0 Å². The molecule has 2 fully saturated rings. The third kappa shape index (κ3) is 3.19. The maximum atomic E-state index is 3.25. The Balaban J connectivity index is 1.72. The monoisotopic (exact) mass is 225 g/mol. The van der Waals surface area contributed by atoms with E-state index in [1.165, 1.54) is 51.9 Å². The van der Waals surface area contributed by atoms with Gasteiger partial charge in [0, 0.05) is 25.8 Å². The molecule has 0 aromatic carbocycles. The summed E-state index contributed by atoms with van der Waals surface area (Å²) < 4.78 is 0. The topological polar surface area (TPSA) is 18.5 Å². The van der Waals surface area contributed by atoms with Crippen molar-refractivity contribution in [2.75, 3.05) is 39.9 Å². The minimum absolute atomic E-state index is 0.876. The number of nitrogens with zero attached hydrogens (tertiary/aromatic N) is 2. The van der Waals surface area contributed by atoms with E-state index in [1.807, 2.05) is 7.05 Å². The molecule has 16 heavy (non-hydrogen) atoms. The Morgan fingerprint density at radius 3 is 2.19 bits per heavy atom. The average molecular weight is 225 g/mol. The number of hydrogen-bond acceptors (Lipinski definition) is 3. The van der Waals surface area contributed by atoms with Crippen molar-refractivity contribution in [3.63, 3.8) is 0 Å². The molecule has 3 heteroatoms. The molecule has 0 bridgehead atoms. The van der Waals surface area contributed by atoms with Crippen molar-refractivity contribution in [2.45, 2.75) is 38.6 Å². The third-order valence-corrected chi connectivity index (χ3v) is 4.27. The Labute approximate surface area is 100 Å². The van der Waals surface area contributed by atoms with Crippen molar-refractivity contribution in [3.8, 4) is 0 Å². The van der Waals surface area contributed by atoms with Crippen LogP contribution in [0.25, 0.3) is 0 Å². The molecule has 0 saturated carbocycles.